The average Bonchev–Trinajstić information content (AvgIpc) is 3.31. The first-order chi connectivity index (χ1) is 17.4. The highest BCUT2D eigenvalue weighted by Gasteiger charge is 2.26. The number of hydrogen-bond donors (Lipinski definition) is 2. The van der Waals surface area contributed by atoms with Gasteiger partial charge in [0.05, 0.1) is 0 Å². The lowest BCUT2D eigenvalue weighted by atomic mass is 9.94. The van der Waals surface area contributed by atoms with E-state index < -0.39 is 6.10 Å². The molecule has 36 heavy (non-hydrogen) atoms. The van der Waals surface area contributed by atoms with Gasteiger partial charge in [-0.3, -0.25) is 14.6 Å². The van der Waals surface area contributed by atoms with Gasteiger partial charge < -0.3 is 19.9 Å². The van der Waals surface area contributed by atoms with E-state index >= 15 is 0 Å². The van der Waals surface area contributed by atoms with Crippen molar-refractivity contribution in [2.45, 2.75) is 39.5 Å². The molecule has 1 unspecified atom stereocenters. The molecule has 1 aliphatic heterocycles. The largest absolute Gasteiger partial charge is 0.367 e. The summed E-state index contributed by atoms with van der Waals surface area (Å²) in [7, 11) is 1.54. The summed E-state index contributed by atoms with van der Waals surface area (Å²) in [5, 5.41) is 4.07. The van der Waals surface area contributed by atoms with Gasteiger partial charge in [0.15, 0.2) is 6.10 Å². The molecule has 2 aromatic carbocycles. The Morgan fingerprint density at radius 1 is 1.14 bits per heavy atom. The van der Waals surface area contributed by atoms with Crippen molar-refractivity contribution < 1.29 is 14.3 Å². The van der Waals surface area contributed by atoms with Crippen LogP contribution in [0, 0.1) is 13.8 Å². The molecular formula is C29H30N4O3. The molecule has 0 radical (unpaired) electrons. The Kier molecular flexibility index (Phi) is 6.57. The van der Waals surface area contributed by atoms with Crippen molar-refractivity contribution in [1.29, 1.82) is 0 Å². The van der Waals surface area contributed by atoms with Crippen molar-refractivity contribution >= 4 is 22.7 Å². The summed E-state index contributed by atoms with van der Waals surface area (Å²) in [6.07, 6.45) is 1.89. The number of benzene rings is 2. The zero-order valence-corrected chi connectivity index (χ0v) is 20.8. The number of methoxy groups -OCH3 is 1. The number of pyridine rings is 1. The number of carbonyl (C=O) groups is 2. The average molecular weight is 483 g/mol. The van der Waals surface area contributed by atoms with E-state index in [0.29, 0.717) is 31.7 Å². The topological polar surface area (TPSA) is 87.3 Å². The van der Waals surface area contributed by atoms with Crippen LogP contribution in [0.2, 0.25) is 0 Å². The number of carbonyl (C=O) groups excluding carboxylic acids is 2. The molecule has 0 aliphatic carbocycles. The van der Waals surface area contributed by atoms with Crippen molar-refractivity contribution in [2.24, 2.45) is 0 Å². The van der Waals surface area contributed by atoms with E-state index in [2.05, 4.69) is 21.4 Å². The Morgan fingerprint density at radius 3 is 2.72 bits per heavy atom. The highest BCUT2D eigenvalue weighted by atomic mass is 16.5. The Labute approximate surface area is 210 Å². The molecule has 184 valence electrons. The van der Waals surface area contributed by atoms with Crippen LogP contribution >= 0.6 is 0 Å². The molecule has 3 heterocycles. The van der Waals surface area contributed by atoms with Crippen molar-refractivity contribution in [3.8, 4) is 0 Å². The SMILES string of the molecule is COC(C(=O)NCc1c(C)ncc2c1CCN(C(=O)c1cc3cc(C)ccc3[nH]1)C2)c1ccccc1. The lowest BCUT2D eigenvalue weighted by molar-refractivity contribution is -0.131. The number of aromatic amines is 1. The maximum Gasteiger partial charge on any atom is 0.270 e. The van der Waals surface area contributed by atoms with Gasteiger partial charge in [-0.2, -0.15) is 0 Å². The fraction of sp³-hybridized carbons (Fsp3) is 0.276. The Balaban J connectivity index is 1.31. The molecule has 1 aliphatic rings. The molecule has 0 bridgehead atoms. The van der Waals surface area contributed by atoms with E-state index in [4.69, 9.17) is 4.74 Å². The van der Waals surface area contributed by atoms with Crippen molar-refractivity contribution in [1.82, 2.24) is 20.2 Å². The number of nitrogens with one attached hydrogen (secondary N) is 2. The van der Waals surface area contributed by atoms with Gasteiger partial charge in [-0.15, -0.1) is 0 Å². The van der Waals surface area contributed by atoms with Crippen molar-refractivity contribution in [2.75, 3.05) is 13.7 Å². The number of amides is 2. The summed E-state index contributed by atoms with van der Waals surface area (Å²) < 4.78 is 5.47. The zero-order valence-electron chi connectivity index (χ0n) is 20.8. The molecule has 4 aromatic rings. The predicted molar refractivity (Wildman–Crippen MR) is 138 cm³/mol. The van der Waals surface area contributed by atoms with E-state index in [-0.39, 0.29) is 11.8 Å². The summed E-state index contributed by atoms with van der Waals surface area (Å²) >= 11 is 0. The van der Waals surface area contributed by atoms with Gasteiger partial charge in [0.2, 0.25) is 0 Å². The number of H-pyrrole nitrogens is 1. The minimum Gasteiger partial charge on any atom is -0.367 e. The maximum absolute atomic E-state index is 13.3. The standard InChI is InChI=1S/C29H30N4O3/c1-18-9-10-25-21(13-18)14-26(32-25)29(35)33-12-11-23-22(17-33)15-30-19(2)24(23)16-31-28(34)27(36-3)20-7-5-4-6-8-20/h4-10,13-15,27,32H,11-12,16-17H2,1-3H3,(H,31,34). The van der Waals surface area contributed by atoms with Crippen LogP contribution in [0.25, 0.3) is 10.9 Å². The first-order valence-electron chi connectivity index (χ1n) is 12.1. The summed E-state index contributed by atoms with van der Waals surface area (Å²) in [5.74, 6) is -0.210. The lowest BCUT2D eigenvalue weighted by Crippen LogP contribution is -2.37. The first kappa shape index (κ1) is 23.8. The molecule has 2 N–H and O–H groups in total. The molecule has 5 rings (SSSR count). The molecule has 7 nitrogen and oxygen atoms in total. The Morgan fingerprint density at radius 2 is 1.94 bits per heavy atom. The molecule has 2 aromatic heterocycles. The summed E-state index contributed by atoms with van der Waals surface area (Å²) in [5.41, 5.74) is 7.60. The number of ether oxygens (including phenoxy) is 1. The predicted octanol–water partition coefficient (Wildman–Crippen LogP) is 4.38. The number of nitrogens with zero attached hydrogens (tertiary/aromatic N) is 2. The van der Waals surface area contributed by atoms with Crippen molar-refractivity contribution in [3.63, 3.8) is 0 Å². The highest BCUT2D eigenvalue weighted by Crippen LogP contribution is 2.26. The number of fused-ring (bicyclic) bond motifs is 2. The van der Waals surface area contributed by atoms with Gasteiger partial charge >= 0.3 is 0 Å². The van der Waals surface area contributed by atoms with Gasteiger partial charge in [-0.1, -0.05) is 42.0 Å². The molecule has 0 saturated carbocycles. The zero-order chi connectivity index (χ0) is 25.2. The second-order valence-electron chi connectivity index (χ2n) is 9.32. The maximum atomic E-state index is 13.3. The van der Waals surface area contributed by atoms with E-state index in [9.17, 15) is 9.59 Å². The van der Waals surface area contributed by atoms with E-state index in [1.165, 1.54) is 7.11 Å². The lowest BCUT2D eigenvalue weighted by Gasteiger charge is -2.30. The highest BCUT2D eigenvalue weighted by molar-refractivity contribution is 5.98. The van der Waals surface area contributed by atoms with Crippen LogP contribution in [0.3, 0.4) is 0 Å². The van der Waals surface area contributed by atoms with Crippen LogP contribution in [-0.4, -0.2) is 40.3 Å². The van der Waals surface area contributed by atoms with Gasteiger partial charge in [0, 0.05) is 49.5 Å². The summed E-state index contributed by atoms with van der Waals surface area (Å²) in [6, 6.07) is 17.5. The van der Waals surface area contributed by atoms with Crippen LogP contribution in [0.15, 0.2) is 60.8 Å². The van der Waals surface area contributed by atoms with Crippen LogP contribution in [0.5, 0.6) is 0 Å². The first-order valence-corrected chi connectivity index (χ1v) is 12.1. The second kappa shape index (κ2) is 9.95. The van der Waals surface area contributed by atoms with Crippen molar-refractivity contribution in [3.05, 3.63) is 100.0 Å². The molecule has 2 amide bonds. The van der Waals surface area contributed by atoms with Crippen LogP contribution in [-0.2, 0) is 29.0 Å². The van der Waals surface area contributed by atoms with E-state index in [1.54, 1.807) is 0 Å². The van der Waals surface area contributed by atoms with Gasteiger partial charge in [0.25, 0.3) is 11.8 Å². The third kappa shape index (κ3) is 4.62. The minimum atomic E-state index is -0.674. The fourth-order valence-corrected chi connectivity index (χ4v) is 4.96. The number of rotatable bonds is 6. The van der Waals surface area contributed by atoms with Crippen LogP contribution in [0.1, 0.15) is 50.1 Å². The van der Waals surface area contributed by atoms with Crippen LogP contribution < -0.4 is 5.32 Å². The fourth-order valence-electron chi connectivity index (χ4n) is 4.96. The quantitative estimate of drug-likeness (QED) is 0.427. The van der Waals surface area contributed by atoms with E-state index in [1.807, 2.05) is 73.5 Å². The molecular weight excluding hydrogens is 452 g/mol. The Bertz CT molecular complexity index is 1430. The minimum absolute atomic E-state index is 0.0178. The third-order valence-corrected chi connectivity index (χ3v) is 6.91. The number of aromatic nitrogens is 2. The molecule has 7 heteroatoms. The number of hydrogen-bond acceptors (Lipinski definition) is 4. The number of aryl methyl sites for hydroxylation is 2. The third-order valence-electron chi connectivity index (χ3n) is 6.91. The molecule has 0 fully saturated rings. The van der Waals surface area contributed by atoms with E-state index in [0.717, 1.165) is 44.4 Å². The monoisotopic (exact) mass is 482 g/mol. The van der Waals surface area contributed by atoms with Gasteiger partial charge in [-0.25, -0.2) is 0 Å². The normalized spacial score (nSPS) is 13.9. The second-order valence-corrected chi connectivity index (χ2v) is 9.32. The van der Waals surface area contributed by atoms with Crippen LogP contribution in [0.4, 0.5) is 0 Å². The Hall–Kier alpha value is -3.97. The molecule has 0 spiro atoms. The molecule has 1 atom stereocenters. The summed E-state index contributed by atoms with van der Waals surface area (Å²) in [6.45, 7) is 5.46. The van der Waals surface area contributed by atoms with Gasteiger partial charge in [-0.05, 0) is 60.7 Å². The summed E-state index contributed by atoms with van der Waals surface area (Å²) in [4.78, 5) is 35.9. The van der Waals surface area contributed by atoms with Gasteiger partial charge in [0.1, 0.15) is 5.69 Å². The molecule has 0 saturated heterocycles. The smallest absolute Gasteiger partial charge is 0.270 e.